The molecule has 2 rings (SSSR count). The maximum Gasteiger partial charge on any atom is 0.418 e. The quantitative estimate of drug-likeness (QED) is 0.864. The van der Waals surface area contributed by atoms with E-state index >= 15 is 0 Å². The Kier molecular flexibility index (Phi) is 2.82. The summed E-state index contributed by atoms with van der Waals surface area (Å²) in [4.78, 5) is 22.7. The van der Waals surface area contributed by atoms with Crippen LogP contribution in [0.25, 0.3) is 10.9 Å². The first-order valence-electron chi connectivity index (χ1n) is 5.15. The molecular weight excluding hydrogens is 222 g/mol. The number of ether oxygens (including phenoxy) is 1. The second kappa shape index (κ2) is 4.29. The lowest BCUT2D eigenvalue weighted by atomic mass is 10.1. The van der Waals surface area contributed by atoms with Crippen molar-refractivity contribution in [1.82, 2.24) is 4.57 Å². The molecular formula is C12H11NO4. The van der Waals surface area contributed by atoms with E-state index in [1.54, 1.807) is 25.1 Å². The number of benzene rings is 1. The Morgan fingerprint density at radius 1 is 1.35 bits per heavy atom. The molecule has 0 aliphatic rings. The van der Waals surface area contributed by atoms with Crippen molar-refractivity contribution in [3.63, 3.8) is 0 Å². The SMILES string of the molecule is CCOC(=O)n1ccc2cccc(C(=O)O)c21. The zero-order valence-corrected chi connectivity index (χ0v) is 9.21. The highest BCUT2D eigenvalue weighted by Crippen LogP contribution is 2.20. The third-order valence-electron chi connectivity index (χ3n) is 2.41. The van der Waals surface area contributed by atoms with Crippen LogP contribution in [-0.2, 0) is 4.74 Å². The average molecular weight is 233 g/mol. The van der Waals surface area contributed by atoms with Crippen molar-refractivity contribution < 1.29 is 19.4 Å². The zero-order valence-electron chi connectivity index (χ0n) is 9.21. The number of hydrogen-bond donors (Lipinski definition) is 1. The third kappa shape index (κ3) is 1.87. The van der Waals surface area contributed by atoms with Crippen molar-refractivity contribution in [2.75, 3.05) is 6.61 Å². The Morgan fingerprint density at radius 2 is 2.12 bits per heavy atom. The van der Waals surface area contributed by atoms with Crippen LogP contribution < -0.4 is 0 Å². The fourth-order valence-corrected chi connectivity index (χ4v) is 1.71. The fourth-order valence-electron chi connectivity index (χ4n) is 1.71. The van der Waals surface area contributed by atoms with Gasteiger partial charge in [0, 0.05) is 11.6 Å². The molecule has 1 heterocycles. The number of aromatic carboxylic acids is 1. The number of aromatic nitrogens is 1. The first kappa shape index (κ1) is 11.2. The topological polar surface area (TPSA) is 68.5 Å². The number of nitrogens with zero attached hydrogens (tertiary/aromatic N) is 1. The van der Waals surface area contributed by atoms with Gasteiger partial charge in [0.15, 0.2) is 0 Å². The molecule has 5 nitrogen and oxygen atoms in total. The van der Waals surface area contributed by atoms with Gasteiger partial charge in [-0.25, -0.2) is 9.59 Å². The van der Waals surface area contributed by atoms with Crippen molar-refractivity contribution in [2.45, 2.75) is 6.92 Å². The fraction of sp³-hybridized carbons (Fsp3) is 0.167. The van der Waals surface area contributed by atoms with Gasteiger partial charge in [0.2, 0.25) is 0 Å². The second-order valence-corrected chi connectivity index (χ2v) is 3.43. The molecule has 5 heteroatoms. The molecule has 1 N–H and O–H groups in total. The third-order valence-corrected chi connectivity index (χ3v) is 2.41. The molecule has 88 valence electrons. The van der Waals surface area contributed by atoms with E-state index in [-0.39, 0.29) is 12.2 Å². The summed E-state index contributed by atoms with van der Waals surface area (Å²) in [5.74, 6) is -1.07. The standard InChI is InChI=1S/C12H11NO4/c1-2-17-12(16)13-7-6-8-4-3-5-9(10(8)13)11(14)15/h3-7H,2H2,1H3,(H,14,15). The van der Waals surface area contributed by atoms with Crippen LogP contribution in [0.2, 0.25) is 0 Å². The largest absolute Gasteiger partial charge is 0.478 e. The number of fused-ring (bicyclic) bond motifs is 1. The molecule has 0 spiro atoms. The van der Waals surface area contributed by atoms with E-state index < -0.39 is 12.1 Å². The number of carbonyl (C=O) groups excluding carboxylic acids is 1. The lowest BCUT2D eigenvalue weighted by Crippen LogP contribution is -2.14. The van der Waals surface area contributed by atoms with Crippen LogP contribution in [0.4, 0.5) is 4.79 Å². The van der Waals surface area contributed by atoms with Crippen molar-refractivity contribution >= 4 is 23.0 Å². The Hall–Kier alpha value is -2.30. The van der Waals surface area contributed by atoms with E-state index in [0.717, 1.165) is 0 Å². The summed E-state index contributed by atoms with van der Waals surface area (Å²) in [6.07, 6.45) is 0.936. The van der Waals surface area contributed by atoms with Crippen LogP contribution in [0.15, 0.2) is 30.5 Å². The van der Waals surface area contributed by atoms with E-state index in [2.05, 4.69) is 0 Å². The molecule has 0 atom stereocenters. The summed E-state index contributed by atoms with van der Waals surface area (Å²) in [6.45, 7) is 1.94. The van der Waals surface area contributed by atoms with E-state index in [4.69, 9.17) is 9.84 Å². The number of rotatable bonds is 2. The maximum atomic E-state index is 11.6. The molecule has 0 unspecified atom stereocenters. The highest BCUT2D eigenvalue weighted by atomic mass is 16.5. The van der Waals surface area contributed by atoms with Crippen LogP contribution in [-0.4, -0.2) is 28.3 Å². The summed E-state index contributed by atoms with van der Waals surface area (Å²) < 4.78 is 6.07. The van der Waals surface area contributed by atoms with Gasteiger partial charge in [-0.05, 0) is 19.1 Å². The van der Waals surface area contributed by atoms with Crippen LogP contribution in [0, 0.1) is 0 Å². The first-order chi connectivity index (χ1) is 8.15. The van der Waals surface area contributed by atoms with Gasteiger partial charge in [0.25, 0.3) is 0 Å². The van der Waals surface area contributed by atoms with Gasteiger partial charge >= 0.3 is 12.1 Å². The normalized spacial score (nSPS) is 10.4. The number of carboxylic acid groups (broad SMARTS) is 1. The molecule has 0 radical (unpaired) electrons. The Morgan fingerprint density at radius 3 is 2.76 bits per heavy atom. The Labute approximate surface area is 97.2 Å². The zero-order chi connectivity index (χ0) is 12.4. The van der Waals surface area contributed by atoms with Crippen molar-refractivity contribution in [1.29, 1.82) is 0 Å². The van der Waals surface area contributed by atoms with Crippen LogP contribution >= 0.6 is 0 Å². The average Bonchev–Trinajstić information content (AvgIpc) is 2.72. The molecule has 0 fully saturated rings. The summed E-state index contributed by atoms with van der Waals surface area (Å²) >= 11 is 0. The van der Waals surface area contributed by atoms with Crippen molar-refractivity contribution in [3.05, 3.63) is 36.0 Å². The van der Waals surface area contributed by atoms with E-state index in [1.807, 2.05) is 0 Å². The summed E-state index contributed by atoms with van der Waals surface area (Å²) in [6, 6.07) is 6.53. The molecule has 0 aliphatic carbocycles. The van der Waals surface area contributed by atoms with Crippen LogP contribution in [0.3, 0.4) is 0 Å². The highest BCUT2D eigenvalue weighted by Gasteiger charge is 2.16. The molecule has 2 aromatic rings. The van der Waals surface area contributed by atoms with Gasteiger partial charge in [-0.1, -0.05) is 12.1 Å². The number of hydrogen-bond acceptors (Lipinski definition) is 3. The van der Waals surface area contributed by atoms with Gasteiger partial charge in [0.05, 0.1) is 17.7 Å². The molecule has 0 amide bonds. The predicted octanol–water partition coefficient (Wildman–Crippen LogP) is 2.34. The molecule has 0 bridgehead atoms. The lowest BCUT2D eigenvalue weighted by Gasteiger charge is -2.06. The van der Waals surface area contributed by atoms with Gasteiger partial charge < -0.3 is 9.84 Å². The molecule has 0 aliphatic heterocycles. The summed E-state index contributed by atoms with van der Waals surface area (Å²) in [5.41, 5.74) is 0.444. The smallest absolute Gasteiger partial charge is 0.418 e. The van der Waals surface area contributed by atoms with Gasteiger partial charge in [-0.3, -0.25) is 4.57 Å². The summed E-state index contributed by atoms with van der Waals surface area (Å²) in [7, 11) is 0. The molecule has 0 saturated heterocycles. The monoisotopic (exact) mass is 233 g/mol. The van der Waals surface area contributed by atoms with Crippen molar-refractivity contribution in [3.8, 4) is 0 Å². The summed E-state index contributed by atoms with van der Waals surface area (Å²) in [5, 5.41) is 9.76. The maximum absolute atomic E-state index is 11.6. The van der Waals surface area contributed by atoms with Crippen LogP contribution in [0.5, 0.6) is 0 Å². The van der Waals surface area contributed by atoms with E-state index in [9.17, 15) is 9.59 Å². The van der Waals surface area contributed by atoms with Crippen molar-refractivity contribution in [2.24, 2.45) is 0 Å². The van der Waals surface area contributed by atoms with Crippen LogP contribution in [0.1, 0.15) is 17.3 Å². The number of carboxylic acids is 1. The molecule has 1 aromatic heterocycles. The predicted molar refractivity (Wildman–Crippen MR) is 61.3 cm³/mol. The highest BCUT2D eigenvalue weighted by molar-refractivity contribution is 6.04. The number of para-hydroxylation sites is 1. The lowest BCUT2D eigenvalue weighted by molar-refractivity contribution is 0.0698. The Balaban J connectivity index is 2.65. The molecule has 17 heavy (non-hydrogen) atoms. The van der Waals surface area contributed by atoms with Gasteiger partial charge in [0.1, 0.15) is 0 Å². The second-order valence-electron chi connectivity index (χ2n) is 3.43. The van der Waals surface area contributed by atoms with Gasteiger partial charge in [-0.15, -0.1) is 0 Å². The van der Waals surface area contributed by atoms with E-state index in [0.29, 0.717) is 10.9 Å². The Bertz CT molecular complexity index is 585. The minimum absolute atomic E-state index is 0.0838. The first-order valence-corrected chi connectivity index (χ1v) is 5.15. The minimum atomic E-state index is -1.07. The molecule has 1 aromatic carbocycles. The number of carbonyl (C=O) groups is 2. The van der Waals surface area contributed by atoms with E-state index in [1.165, 1.54) is 16.8 Å². The minimum Gasteiger partial charge on any atom is -0.478 e. The molecule has 0 saturated carbocycles. The van der Waals surface area contributed by atoms with Gasteiger partial charge in [-0.2, -0.15) is 0 Å².